The van der Waals surface area contributed by atoms with Crippen molar-refractivity contribution in [3.8, 4) is 5.88 Å². The molecule has 150 valence electrons. The Balaban J connectivity index is 1.95. The predicted molar refractivity (Wildman–Crippen MR) is 108 cm³/mol. The van der Waals surface area contributed by atoms with E-state index in [4.69, 9.17) is 21.9 Å². The number of aromatic nitrogens is 2. The van der Waals surface area contributed by atoms with Crippen molar-refractivity contribution in [1.82, 2.24) is 9.97 Å². The number of halogens is 1. The molecule has 1 saturated heterocycles. The van der Waals surface area contributed by atoms with Gasteiger partial charge < -0.3 is 4.74 Å². The molecule has 2 atom stereocenters. The van der Waals surface area contributed by atoms with Crippen molar-refractivity contribution < 1.29 is 13.2 Å². The van der Waals surface area contributed by atoms with Crippen molar-refractivity contribution in [2.24, 2.45) is 5.11 Å². The van der Waals surface area contributed by atoms with Gasteiger partial charge >= 0.3 is 0 Å². The van der Waals surface area contributed by atoms with Gasteiger partial charge in [-0.25, -0.2) is 18.4 Å². The molecular formula is C18H22ClN5O3S. The average molecular weight is 424 g/mol. The lowest BCUT2D eigenvalue weighted by Gasteiger charge is -2.23. The maximum atomic E-state index is 12.1. The number of pyridine rings is 2. The van der Waals surface area contributed by atoms with Gasteiger partial charge in [-0.05, 0) is 42.3 Å². The summed E-state index contributed by atoms with van der Waals surface area (Å²) in [5, 5.41) is 5.13. The van der Waals surface area contributed by atoms with Gasteiger partial charge in [-0.1, -0.05) is 30.6 Å². The Morgan fingerprint density at radius 3 is 2.79 bits per heavy atom. The third-order valence-electron chi connectivity index (χ3n) is 5.03. The van der Waals surface area contributed by atoms with Crippen LogP contribution >= 0.6 is 11.6 Å². The van der Waals surface area contributed by atoms with Gasteiger partial charge in [0.15, 0.2) is 9.84 Å². The van der Waals surface area contributed by atoms with E-state index in [9.17, 15) is 8.42 Å². The molecule has 0 bridgehead atoms. The lowest BCUT2D eigenvalue weighted by molar-refractivity contribution is 0.203. The first-order valence-electron chi connectivity index (χ1n) is 9.03. The van der Waals surface area contributed by atoms with E-state index >= 15 is 0 Å². The van der Waals surface area contributed by atoms with E-state index in [1.165, 1.54) is 0 Å². The van der Waals surface area contributed by atoms with Crippen molar-refractivity contribution in [2.45, 2.75) is 56.9 Å². The Labute approximate surface area is 168 Å². The van der Waals surface area contributed by atoms with Crippen LogP contribution in [0.5, 0.6) is 5.88 Å². The van der Waals surface area contributed by atoms with Crippen LogP contribution in [0.1, 0.15) is 45.6 Å². The fourth-order valence-electron chi connectivity index (χ4n) is 3.56. The summed E-state index contributed by atoms with van der Waals surface area (Å²) in [6.45, 7) is 5.40. The van der Waals surface area contributed by atoms with Crippen LogP contribution in [0.3, 0.4) is 0 Å². The number of hydrogen-bond donors (Lipinski definition) is 0. The zero-order chi connectivity index (χ0) is 20.5. The van der Waals surface area contributed by atoms with Gasteiger partial charge in [0, 0.05) is 23.7 Å². The summed E-state index contributed by atoms with van der Waals surface area (Å²) in [7, 11) is -3.03. The molecule has 2 aromatic rings. The summed E-state index contributed by atoms with van der Waals surface area (Å²) in [5.74, 6) is 0.597. The number of fused-ring (bicyclic) bond motifs is 1. The number of azide groups is 1. The molecule has 1 fully saturated rings. The Morgan fingerprint density at radius 2 is 2.14 bits per heavy atom. The second-order valence-corrected chi connectivity index (χ2v) is 10.4. The topological polar surface area (TPSA) is 118 Å². The van der Waals surface area contributed by atoms with E-state index in [0.29, 0.717) is 41.2 Å². The first-order valence-corrected chi connectivity index (χ1v) is 11.1. The molecule has 0 N–H and O–H groups in total. The lowest BCUT2D eigenvalue weighted by atomic mass is 9.93. The Hall–Kier alpha value is -2.09. The van der Waals surface area contributed by atoms with Gasteiger partial charge in [0.25, 0.3) is 0 Å². The second kappa shape index (κ2) is 7.73. The van der Waals surface area contributed by atoms with Gasteiger partial charge in [-0.2, -0.15) is 0 Å². The highest BCUT2D eigenvalue weighted by Crippen LogP contribution is 2.36. The largest absolute Gasteiger partial charge is 0.474 e. The summed E-state index contributed by atoms with van der Waals surface area (Å²) in [6, 6.07) is 1.68. The summed E-state index contributed by atoms with van der Waals surface area (Å²) < 4.78 is 30.1. The molecule has 0 amide bonds. The molecule has 0 aliphatic carbocycles. The highest BCUT2D eigenvalue weighted by Gasteiger charge is 2.33. The van der Waals surface area contributed by atoms with Crippen LogP contribution in [-0.2, 0) is 15.4 Å². The summed E-state index contributed by atoms with van der Waals surface area (Å²) in [4.78, 5) is 11.4. The van der Waals surface area contributed by atoms with E-state index in [0.717, 1.165) is 5.39 Å². The molecule has 10 heteroatoms. The van der Waals surface area contributed by atoms with E-state index in [1.807, 2.05) is 6.92 Å². The van der Waals surface area contributed by atoms with Crippen LogP contribution in [0, 0.1) is 0 Å². The van der Waals surface area contributed by atoms with Gasteiger partial charge in [0.1, 0.15) is 5.15 Å². The van der Waals surface area contributed by atoms with Crippen molar-refractivity contribution in [1.29, 1.82) is 0 Å². The number of ether oxygens (including phenoxy) is 1. The lowest BCUT2D eigenvalue weighted by Crippen LogP contribution is -2.25. The fraction of sp³-hybridized carbons (Fsp3) is 0.556. The van der Waals surface area contributed by atoms with E-state index in [1.54, 1.807) is 32.3 Å². The van der Waals surface area contributed by atoms with E-state index in [2.05, 4.69) is 20.0 Å². The zero-order valence-corrected chi connectivity index (χ0v) is 17.5. The van der Waals surface area contributed by atoms with Gasteiger partial charge in [-0.15, -0.1) is 0 Å². The first-order chi connectivity index (χ1) is 13.1. The Bertz CT molecular complexity index is 1050. The summed E-state index contributed by atoms with van der Waals surface area (Å²) in [6.07, 6.45) is 4.61. The quantitative estimate of drug-likeness (QED) is 0.292. The van der Waals surface area contributed by atoms with Crippen LogP contribution in [0.4, 0.5) is 0 Å². The minimum atomic E-state index is -3.03. The van der Waals surface area contributed by atoms with Gasteiger partial charge in [0.2, 0.25) is 5.88 Å². The molecule has 0 radical (unpaired) electrons. The van der Waals surface area contributed by atoms with E-state index in [-0.39, 0.29) is 17.1 Å². The standard InChI is InChI=1S/C18H22ClN5O3S/c1-11(7-12-5-4-6-28(12,25)26)27-17-14-9-21-16(19)8-13(14)15(10-22-17)18(2,3)23-24-20/h8-12H,4-7H2,1-3H3. The molecule has 0 aromatic carbocycles. The predicted octanol–water partition coefficient (Wildman–Crippen LogP) is 4.56. The number of sulfone groups is 1. The third kappa shape index (κ3) is 4.16. The minimum absolute atomic E-state index is 0.247. The van der Waals surface area contributed by atoms with Crippen LogP contribution < -0.4 is 4.74 Å². The van der Waals surface area contributed by atoms with Crippen molar-refractivity contribution in [2.75, 3.05) is 5.75 Å². The fourth-order valence-corrected chi connectivity index (χ4v) is 5.71. The van der Waals surface area contributed by atoms with Crippen molar-refractivity contribution in [3.05, 3.63) is 39.6 Å². The maximum absolute atomic E-state index is 12.1. The smallest absolute Gasteiger partial charge is 0.223 e. The van der Waals surface area contributed by atoms with Crippen LogP contribution in [0.15, 0.2) is 23.6 Å². The minimum Gasteiger partial charge on any atom is -0.474 e. The van der Waals surface area contributed by atoms with Crippen LogP contribution in [0.25, 0.3) is 21.2 Å². The molecule has 3 rings (SSSR count). The molecule has 0 saturated carbocycles. The van der Waals surface area contributed by atoms with Gasteiger partial charge in [-0.3, -0.25) is 0 Å². The number of nitrogens with zero attached hydrogens (tertiary/aromatic N) is 5. The third-order valence-corrected chi connectivity index (χ3v) is 7.53. The molecular weight excluding hydrogens is 402 g/mol. The average Bonchev–Trinajstić information content (AvgIpc) is 2.92. The molecule has 1 aliphatic rings. The summed E-state index contributed by atoms with van der Waals surface area (Å²) >= 11 is 6.08. The molecule has 3 heterocycles. The molecule has 28 heavy (non-hydrogen) atoms. The van der Waals surface area contributed by atoms with Gasteiger partial charge in [0.05, 0.1) is 28.0 Å². The Morgan fingerprint density at radius 1 is 1.39 bits per heavy atom. The normalized spacial score (nSPS) is 19.9. The number of rotatable bonds is 6. The number of hydrogen-bond acceptors (Lipinski definition) is 6. The molecule has 2 unspecified atom stereocenters. The monoisotopic (exact) mass is 423 g/mol. The SMILES string of the molecule is CC(CC1CCCS1(=O)=O)Oc1ncc(C(C)(C)N=[N+]=[N-])c2cc(Cl)ncc12. The van der Waals surface area contributed by atoms with Crippen LogP contribution in [-0.4, -0.2) is 35.5 Å². The van der Waals surface area contributed by atoms with E-state index < -0.39 is 15.4 Å². The zero-order valence-electron chi connectivity index (χ0n) is 16.0. The molecule has 1 aliphatic heterocycles. The van der Waals surface area contributed by atoms with Crippen molar-refractivity contribution >= 4 is 32.2 Å². The highest BCUT2D eigenvalue weighted by molar-refractivity contribution is 7.92. The second-order valence-electron chi connectivity index (χ2n) is 7.57. The highest BCUT2D eigenvalue weighted by atomic mass is 35.5. The maximum Gasteiger partial charge on any atom is 0.223 e. The Kier molecular flexibility index (Phi) is 5.70. The molecule has 2 aromatic heterocycles. The molecule has 8 nitrogen and oxygen atoms in total. The van der Waals surface area contributed by atoms with Crippen LogP contribution in [0.2, 0.25) is 5.15 Å². The summed E-state index contributed by atoms with van der Waals surface area (Å²) in [5.41, 5.74) is 8.72. The molecule has 0 spiro atoms. The first kappa shape index (κ1) is 20.6. The van der Waals surface area contributed by atoms with Crippen molar-refractivity contribution in [3.63, 3.8) is 0 Å².